The molecule has 0 aliphatic carbocycles. The number of aliphatic imine (C=N–C) groups is 1. The lowest BCUT2D eigenvalue weighted by Crippen LogP contribution is -2.57. The fraction of sp³-hybridized carbons (Fsp3) is 0.391. The highest BCUT2D eigenvalue weighted by atomic mass is 79.9. The van der Waals surface area contributed by atoms with Gasteiger partial charge in [-0.3, -0.25) is 9.59 Å². The maximum Gasteiger partial charge on any atom is 0.262 e. The zero-order chi connectivity index (χ0) is 24.1. The number of carbonyl (C=O) groups is 2. The van der Waals surface area contributed by atoms with Crippen LogP contribution >= 0.6 is 27.3 Å². The van der Waals surface area contributed by atoms with E-state index in [2.05, 4.69) is 31.6 Å². The molecule has 2 aromatic rings. The molecule has 9 nitrogen and oxygen atoms in total. The van der Waals surface area contributed by atoms with Gasteiger partial charge in [-0.2, -0.15) is 10.3 Å². The summed E-state index contributed by atoms with van der Waals surface area (Å²) in [4.78, 5) is 32.5. The lowest BCUT2D eigenvalue weighted by molar-refractivity contribution is -0.122. The van der Waals surface area contributed by atoms with E-state index in [4.69, 9.17) is 14.7 Å². The van der Waals surface area contributed by atoms with Gasteiger partial charge < -0.3 is 25.0 Å². The van der Waals surface area contributed by atoms with Gasteiger partial charge in [-0.1, -0.05) is 0 Å². The molecular weight excluding hydrogens is 522 g/mol. The number of nitrogens with one attached hydrogen (secondary N) is 2. The summed E-state index contributed by atoms with van der Waals surface area (Å²) in [5.41, 5.74) is 1.27. The highest BCUT2D eigenvalue weighted by Crippen LogP contribution is 2.28. The minimum Gasteiger partial charge on any atom is -0.379 e. The van der Waals surface area contributed by atoms with Crippen molar-refractivity contribution in [3.63, 3.8) is 0 Å². The summed E-state index contributed by atoms with van der Waals surface area (Å²) in [5.74, 6) is 0.0245. The Morgan fingerprint density at radius 3 is 2.76 bits per heavy atom. The van der Waals surface area contributed by atoms with Crippen LogP contribution in [0, 0.1) is 18.4 Å². The van der Waals surface area contributed by atoms with E-state index < -0.39 is 5.54 Å². The minimum atomic E-state index is -1.14. The van der Waals surface area contributed by atoms with Gasteiger partial charge in [-0.15, -0.1) is 11.3 Å². The smallest absolute Gasteiger partial charge is 0.262 e. The van der Waals surface area contributed by atoms with Crippen molar-refractivity contribution in [2.75, 3.05) is 43.2 Å². The van der Waals surface area contributed by atoms with Crippen molar-refractivity contribution in [3.05, 3.63) is 44.6 Å². The number of amidine groups is 1. The average molecular weight is 546 g/mol. The number of hydrogen-bond donors (Lipinski definition) is 2. The summed E-state index contributed by atoms with van der Waals surface area (Å²) in [6, 6.07) is 9.07. The Hall–Kier alpha value is -2.78. The number of nitrogens with zero attached hydrogens (tertiary/aromatic N) is 3. The predicted octanol–water partition coefficient (Wildman–Crippen LogP) is 3.45. The van der Waals surface area contributed by atoms with Crippen molar-refractivity contribution < 1.29 is 19.1 Å². The number of anilines is 2. The fourth-order valence-corrected chi connectivity index (χ4v) is 5.30. The molecule has 1 aromatic heterocycles. The van der Waals surface area contributed by atoms with Crippen LogP contribution < -0.4 is 15.5 Å². The van der Waals surface area contributed by atoms with E-state index in [0.29, 0.717) is 55.6 Å². The van der Waals surface area contributed by atoms with E-state index in [-0.39, 0.29) is 18.4 Å². The minimum absolute atomic E-state index is 0.107. The number of benzene rings is 1. The van der Waals surface area contributed by atoms with Gasteiger partial charge in [-0.05, 0) is 58.7 Å². The molecule has 2 N–H and O–H groups in total. The topological polar surface area (TPSA) is 116 Å². The number of carbonyl (C=O) groups excluding carboxylic acids is 2. The van der Waals surface area contributed by atoms with Crippen LogP contribution in [0.5, 0.6) is 0 Å². The second-order valence-corrected chi connectivity index (χ2v) is 10.5. The maximum absolute atomic E-state index is 13.3. The van der Waals surface area contributed by atoms with E-state index in [1.54, 1.807) is 18.2 Å². The van der Waals surface area contributed by atoms with Crippen LogP contribution in [0.25, 0.3) is 0 Å². The van der Waals surface area contributed by atoms with Crippen LogP contribution in [0.1, 0.15) is 28.1 Å². The number of amides is 2. The summed E-state index contributed by atoms with van der Waals surface area (Å²) in [6.07, 6.45) is 2.81. The molecule has 34 heavy (non-hydrogen) atoms. The van der Waals surface area contributed by atoms with Crippen LogP contribution in [-0.4, -0.2) is 56.2 Å². The highest BCUT2D eigenvalue weighted by Gasteiger charge is 2.44. The van der Waals surface area contributed by atoms with E-state index in [0.717, 1.165) is 15.0 Å². The Bertz CT molecular complexity index is 1150. The van der Waals surface area contributed by atoms with Gasteiger partial charge in [0.25, 0.3) is 11.8 Å². The van der Waals surface area contributed by atoms with Gasteiger partial charge in [0.1, 0.15) is 11.4 Å². The Morgan fingerprint density at radius 2 is 2.09 bits per heavy atom. The zero-order valence-corrected chi connectivity index (χ0v) is 21.0. The lowest BCUT2D eigenvalue weighted by atomic mass is 9.96. The fourth-order valence-electron chi connectivity index (χ4n) is 4.02. The van der Waals surface area contributed by atoms with Crippen molar-refractivity contribution >= 4 is 56.3 Å². The van der Waals surface area contributed by atoms with Gasteiger partial charge in [0.15, 0.2) is 0 Å². The summed E-state index contributed by atoms with van der Waals surface area (Å²) in [7, 11) is 0. The van der Waals surface area contributed by atoms with Crippen molar-refractivity contribution in [2.24, 2.45) is 4.99 Å². The van der Waals surface area contributed by atoms with E-state index in [1.165, 1.54) is 11.3 Å². The molecule has 2 fully saturated rings. The Morgan fingerprint density at radius 1 is 1.24 bits per heavy atom. The summed E-state index contributed by atoms with van der Waals surface area (Å²) < 4.78 is 11.9. The second-order valence-electron chi connectivity index (χ2n) is 8.04. The van der Waals surface area contributed by atoms with Crippen molar-refractivity contribution in [1.82, 2.24) is 5.32 Å². The first-order valence-corrected chi connectivity index (χ1v) is 12.4. The SMILES string of the molecule is Cc1cc(NC(=O)C2(NC(=O)c3ccc(Br)s3)CCOC2)ccc1N1CCOCC/C1=N\C#N. The molecule has 1 aromatic carbocycles. The Balaban J connectivity index is 1.51. The second kappa shape index (κ2) is 10.7. The standard InChI is InChI=1S/C23H24BrN5O4S/c1-15-12-16(2-3-17(15)29-8-11-32-9-6-20(29)26-14-25)27-22(31)23(7-10-33-13-23)28-21(30)18-4-5-19(24)34-18/h2-5,12H,6-11,13H2,1H3,(H,27,31)(H,28,30)/b26-20+. The van der Waals surface area contributed by atoms with Crippen LogP contribution in [0.4, 0.5) is 11.4 Å². The van der Waals surface area contributed by atoms with Crippen molar-refractivity contribution in [2.45, 2.75) is 25.3 Å². The van der Waals surface area contributed by atoms with Crippen LogP contribution in [0.2, 0.25) is 0 Å². The van der Waals surface area contributed by atoms with Crippen LogP contribution in [0.15, 0.2) is 39.1 Å². The molecule has 3 heterocycles. The molecule has 178 valence electrons. The monoisotopic (exact) mass is 545 g/mol. The van der Waals surface area contributed by atoms with E-state index >= 15 is 0 Å². The van der Waals surface area contributed by atoms with Gasteiger partial charge >= 0.3 is 0 Å². The summed E-state index contributed by atoms with van der Waals surface area (Å²) >= 11 is 4.66. The number of ether oxygens (including phenoxy) is 2. The first-order valence-electron chi connectivity index (χ1n) is 10.8. The molecule has 0 spiro atoms. The molecule has 0 radical (unpaired) electrons. The quantitative estimate of drug-likeness (QED) is 0.556. The van der Waals surface area contributed by atoms with E-state index in [9.17, 15) is 9.59 Å². The summed E-state index contributed by atoms with van der Waals surface area (Å²) in [5, 5.41) is 14.9. The zero-order valence-electron chi connectivity index (χ0n) is 18.6. The number of rotatable bonds is 5. The number of aryl methyl sites for hydroxylation is 1. The molecule has 2 saturated heterocycles. The molecule has 0 bridgehead atoms. The molecule has 2 aliphatic rings. The first kappa shape index (κ1) is 24.3. The third-order valence-electron chi connectivity index (χ3n) is 5.77. The largest absolute Gasteiger partial charge is 0.379 e. The third-order valence-corrected chi connectivity index (χ3v) is 7.39. The van der Waals surface area contributed by atoms with Crippen LogP contribution in [0.3, 0.4) is 0 Å². The predicted molar refractivity (Wildman–Crippen MR) is 133 cm³/mol. The molecule has 0 saturated carbocycles. The number of halogens is 1. The maximum atomic E-state index is 13.3. The van der Waals surface area contributed by atoms with Gasteiger partial charge in [0.05, 0.1) is 28.5 Å². The first-order chi connectivity index (χ1) is 16.4. The molecule has 11 heteroatoms. The molecule has 1 unspecified atom stereocenters. The molecular formula is C23H24BrN5O4S. The van der Waals surface area contributed by atoms with Crippen molar-refractivity contribution in [3.8, 4) is 6.19 Å². The van der Waals surface area contributed by atoms with Gasteiger partial charge in [0.2, 0.25) is 6.19 Å². The normalized spacial score (nSPS) is 21.7. The average Bonchev–Trinajstić information content (AvgIpc) is 3.40. The van der Waals surface area contributed by atoms with E-state index in [1.807, 2.05) is 30.1 Å². The van der Waals surface area contributed by atoms with Crippen molar-refractivity contribution in [1.29, 1.82) is 5.26 Å². The van der Waals surface area contributed by atoms with Gasteiger partial charge in [0, 0.05) is 37.4 Å². The third kappa shape index (κ3) is 5.31. The molecule has 1 atom stereocenters. The summed E-state index contributed by atoms with van der Waals surface area (Å²) in [6.45, 7) is 4.06. The Kier molecular flexibility index (Phi) is 7.63. The molecule has 2 amide bonds. The molecule has 4 rings (SSSR count). The van der Waals surface area contributed by atoms with Crippen LogP contribution in [-0.2, 0) is 14.3 Å². The molecule has 2 aliphatic heterocycles. The lowest BCUT2D eigenvalue weighted by Gasteiger charge is -2.28. The highest BCUT2D eigenvalue weighted by molar-refractivity contribution is 9.11. The number of thiophene rings is 1. The Labute approximate surface area is 209 Å². The number of hydrogen-bond acceptors (Lipinski definition) is 7. The van der Waals surface area contributed by atoms with Gasteiger partial charge in [-0.25, -0.2) is 0 Å². The number of nitriles is 1.